The van der Waals surface area contributed by atoms with E-state index < -0.39 is 0 Å². The number of nitrogens with zero attached hydrogens (tertiary/aromatic N) is 1. The molecule has 1 aromatic heterocycles. The normalized spacial score (nSPS) is 10.6. The molecule has 2 aromatic rings. The van der Waals surface area contributed by atoms with Crippen LogP contribution in [0.2, 0.25) is 0 Å². The summed E-state index contributed by atoms with van der Waals surface area (Å²) in [6, 6.07) is 9.81. The highest BCUT2D eigenvalue weighted by atomic mass is 16.5. The van der Waals surface area contributed by atoms with Crippen molar-refractivity contribution in [2.45, 2.75) is 26.8 Å². The second kappa shape index (κ2) is 7.76. The number of nitrogens with one attached hydrogen (secondary N) is 1. The zero-order valence-electron chi connectivity index (χ0n) is 12.6. The lowest BCUT2D eigenvalue weighted by Gasteiger charge is -2.12. The number of aliphatic hydroxyl groups excluding tert-OH is 1. The van der Waals surface area contributed by atoms with Gasteiger partial charge in [0.15, 0.2) is 0 Å². The second-order valence-electron chi connectivity index (χ2n) is 4.93. The van der Waals surface area contributed by atoms with Crippen LogP contribution in [0.3, 0.4) is 0 Å². The van der Waals surface area contributed by atoms with Gasteiger partial charge in [0, 0.05) is 24.9 Å². The van der Waals surface area contributed by atoms with Crippen LogP contribution in [-0.4, -0.2) is 23.2 Å². The fourth-order valence-corrected chi connectivity index (χ4v) is 2.13. The van der Waals surface area contributed by atoms with Gasteiger partial charge < -0.3 is 15.2 Å². The van der Waals surface area contributed by atoms with Crippen molar-refractivity contribution in [3.05, 3.63) is 53.2 Å². The lowest BCUT2D eigenvalue weighted by molar-refractivity contribution is 0.297. The number of aryl methyl sites for hydroxylation is 1. The van der Waals surface area contributed by atoms with Crippen LogP contribution in [0.4, 0.5) is 0 Å². The average molecular weight is 286 g/mol. The van der Waals surface area contributed by atoms with Crippen LogP contribution in [0.25, 0.3) is 0 Å². The maximum atomic E-state index is 9.11. The van der Waals surface area contributed by atoms with Crippen molar-refractivity contribution in [1.29, 1.82) is 0 Å². The number of rotatable bonds is 7. The minimum absolute atomic E-state index is 0.106. The molecule has 21 heavy (non-hydrogen) atoms. The number of aromatic nitrogens is 1. The van der Waals surface area contributed by atoms with E-state index >= 15 is 0 Å². The quantitative estimate of drug-likeness (QED) is 0.822. The smallest absolute Gasteiger partial charge is 0.222 e. The summed E-state index contributed by atoms with van der Waals surface area (Å²) in [6.07, 6.45) is 2.41. The summed E-state index contributed by atoms with van der Waals surface area (Å²) >= 11 is 0. The van der Waals surface area contributed by atoms with Gasteiger partial charge in [-0.3, -0.25) is 0 Å². The molecule has 1 aromatic carbocycles. The summed E-state index contributed by atoms with van der Waals surface area (Å²) in [5.74, 6) is 1.36. The van der Waals surface area contributed by atoms with Crippen LogP contribution in [-0.2, 0) is 13.0 Å². The third-order valence-electron chi connectivity index (χ3n) is 3.23. The monoisotopic (exact) mass is 286 g/mol. The molecule has 0 aliphatic heterocycles. The largest absolute Gasteiger partial charge is 0.438 e. The van der Waals surface area contributed by atoms with Crippen LogP contribution >= 0.6 is 0 Å². The SMILES string of the molecule is CCNCc1cnc(Oc2ccccc2CCO)c(C)c1. The van der Waals surface area contributed by atoms with Crippen LogP contribution < -0.4 is 10.1 Å². The first-order valence-corrected chi connectivity index (χ1v) is 7.27. The minimum atomic E-state index is 0.106. The maximum absolute atomic E-state index is 9.11. The van der Waals surface area contributed by atoms with E-state index in [2.05, 4.69) is 23.3 Å². The van der Waals surface area contributed by atoms with Gasteiger partial charge in [-0.15, -0.1) is 0 Å². The molecule has 1 heterocycles. The van der Waals surface area contributed by atoms with Gasteiger partial charge in [0.05, 0.1) is 0 Å². The van der Waals surface area contributed by atoms with Gasteiger partial charge >= 0.3 is 0 Å². The van der Waals surface area contributed by atoms with Gasteiger partial charge in [-0.25, -0.2) is 4.98 Å². The summed E-state index contributed by atoms with van der Waals surface area (Å²) in [6.45, 7) is 5.92. The van der Waals surface area contributed by atoms with Crippen molar-refractivity contribution < 1.29 is 9.84 Å². The zero-order chi connectivity index (χ0) is 15.1. The Morgan fingerprint density at radius 3 is 2.81 bits per heavy atom. The highest BCUT2D eigenvalue weighted by molar-refractivity contribution is 5.38. The summed E-state index contributed by atoms with van der Waals surface area (Å²) in [5.41, 5.74) is 3.13. The van der Waals surface area contributed by atoms with Gasteiger partial charge in [-0.2, -0.15) is 0 Å². The predicted molar refractivity (Wildman–Crippen MR) is 83.7 cm³/mol. The van der Waals surface area contributed by atoms with E-state index in [1.807, 2.05) is 37.4 Å². The average Bonchev–Trinajstić information content (AvgIpc) is 2.49. The predicted octanol–water partition coefficient (Wildman–Crippen LogP) is 2.83. The lowest BCUT2D eigenvalue weighted by Crippen LogP contribution is -2.12. The zero-order valence-corrected chi connectivity index (χ0v) is 12.6. The second-order valence-corrected chi connectivity index (χ2v) is 4.93. The van der Waals surface area contributed by atoms with Gasteiger partial charge in [0.1, 0.15) is 5.75 Å². The third kappa shape index (κ3) is 4.28. The number of ether oxygens (including phenoxy) is 1. The molecule has 2 N–H and O–H groups in total. The highest BCUT2D eigenvalue weighted by Crippen LogP contribution is 2.26. The first-order valence-electron chi connectivity index (χ1n) is 7.27. The molecule has 0 bridgehead atoms. The van der Waals surface area contributed by atoms with Crippen molar-refractivity contribution >= 4 is 0 Å². The van der Waals surface area contributed by atoms with E-state index in [1.165, 1.54) is 0 Å². The van der Waals surface area contributed by atoms with E-state index in [4.69, 9.17) is 9.84 Å². The Kier molecular flexibility index (Phi) is 5.72. The van der Waals surface area contributed by atoms with Crippen molar-refractivity contribution in [3.8, 4) is 11.6 Å². The fourth-order valence-electron chi connectivity index (χ4n) is 2.13. The van der Waals surface area contributed by atoms with Gasteiger partial charge in [0.2, 0.25) is 5.88 Å². The number of hydrogen-bond donors (Lipinski definition) is 2. The molecule has 112 valence electrons. The number of aliphatic hydroxyl groups is 1. The first kappa shape index (κ1) is 15.5. The molecule has 0 amide bonds. The topological polar surface area (TPSA) is 54.4 Å². The van der Waals surface area contributed by atoms with Gasteiger partial charge in [-0.1, -0.05) is 25.1 Å². The lowest BCUT2D eigenvalue weighted by atomic mass is 10.1. The van der Waals surface area contributed by atoms with Crippen LogP contribution in [0.1, 0.15) is 23.6 Å². The van der Waals surface area contributed by atoms with E-state index in [9.17, 15) is 0 Å². The third-order valence-corrected chi connectivity index (χ3v) is 3.23. The summed E-state index contributed by atoms with van der Waals surface area (Å²) in [5, 5.41) is 12.4. The number of hydrogen-bond acceptors (Lipinski definition) is 4. The molecule has 0 atom stereocenters. The van der Waals surface area contributed by atoms with Crippen LogP contribution in [0.5, 0.6) is 11.6 Å². The van der Waals surface area contributed by atoms with E-state index in [0.29, 0.717) is 12.3 Å². The minimum Gasteiger partial charge on any atom is -0.438 e. The standard InChI is InChI=1S/C17H22N2O2/c1-3-18-11-14-10-13(2)17(19-12-14)21-16-7-5-4-6-15(16)8-9-20/h4-7,10,12,18,20H,3,8-9,11H2,1-2H3. The van der Waals surface area contributed by atoms with Gasteiger partial charge in [-0.05, 0) is 43.1 Å². The Morgan fingerprint density at radius 2 is 2.10 bits per heavy atom. The number of pyridine rings is 1. The van der Waals surface area contributed by atoms with Crippen molar-refractivity contribution in [2.24, 2.45) is 0 Å². The molecule has 0 aliphatic rings. The first-order chi connectivity index (χ1) is 10.2. The van der Waals surface area contributed by atoms with Crippen molar-refractivity contribution in [1.82, 2.24) is 10.3 Å². The summed E-state index contributed by atoms with van der Waals surface area (Å²) in [4.78, 5) is 4.40. The summed E-state index contributed by atoms with van der Waals surface area (Å²) < 4.78 is 5.91. The molecule has 0 spiro atoms. The molecule has 0 radical (unpaired) electrons. The van der Waals surface area contributed by atoms with E-state index in [-0.39, 0.29) is 6.61 Å². The molecular formula is C17H22N2O2. The molecule has 0 fully saturated rings. The molecule has 0 aliphatic carbocycles. The molecule has 0 unspecified atom stereocenters. The Labute approximate surface area is 125 Å². The van der Waals surface area contributed by atoms with Crippen molar-refractivity contribution in [2.75, 3.05) is 13.2 Å². The van der Waals surface area contributed by atoms with Crippen molar-refractivity contribution in [3.63, 3.8) is 0 Å². The molecule has 0 saturated heterocycles. The number of benzene rings is 1. The molecule has 4 nitrogen and oxygen atoms in total. The Bertz CT molecular complexity index is 585. The van der Waals surface area contributed by atoms with E-state index in [0.717, 1.165) is 35.5 Å². The fraction of sp³-hybridized carbons (Fsp3) is 0.353. The van der Waals surface area contributed by atoms with Crippen LogP contribution in [0, 0.1) is 6.92 Å². The van der Waals surface area contributed by atoms with Gasteiger partial charge in [0.25, 0.3) is 0 Å². The maximum Gasteiger partial charge on any atom is 0.222 e. The summed E-state index contributed by atoms with van der Waals surface area (Å²) in [7, 11) is 0. The molecular weight excluding hydrogens is 264 g/mol. The van der Waals surface area contributed by atoms with E-state index in [1.54, 1.807) is 0 Å². The molecule has 0 saturated carbocycles. The Hall–Kier alpha value is -1.91. The molecule has 4 heteroatoms. The Morgan fingerprint density at radius 1 is 1.29 bits per heavy atom. The van der Waals surface area contributed by atoms with Crippen LogP contribution in [0.15, 0.2) is 36.5 Å². The number of para-hydroxylation sites is 1. The highest BCUT2D eigenvalue weighted by Gasteiger charge is 2.08. The Balaban J connectivity index is 2.16. The molecule has 2 rings (SSSR count).